The summed E-state index contributed by atoms with van der Waals surface area (Å²) in [5.41, 5.74) is 9.27. The molecule has 250 valence electrons. The molecule has 0 saturated carbocycles. The van der Waals surface area contributed by atoms with Crippen molar-refractivity contribution in [2.24, 2.45) is 28.3 Å². The van der Waals surface area contributed by atoms with Gasteiger partial charge in [0.25, 0.3) is 0 Å². The van der Waals surface area contributed by atoms with Crippen molar-refractivity contribution < 1.29 is 44.2 Å². The molecule has 44 heavy (non-hydrogen) atoms. The molecule has 0 radical (unpaired) electrons. The lowest BCUT2D eigenvalue weighted by atomic mass is 9.75. The van der Waals surface area contributed by atoms with E-state index in [0.29, 0.717) is 19.3 Å². The fourth-order valence-electron chi connectivity index (χ4n) is 5.21. The minimum atomic E-state index is -1.61. The monoisotopic (exact) mass is 628 g/mol. The molecule has 0 aromatic heterocycles. The number of nitrogens with one attached hydrogen (secondary N) is 4. The molecule has 1 aliphatic rings. The van der Waals surface area contributed by atoms with E-state index in [-0.39, 0.29) is 18.9 Å². The van der Waals surface area contributed by atoms with Crippen molar-refractivity contribution in [3.05, 3.63) is 0 Å². The number of hydrogen-bond donors (Lipinski definition) is 9. The first-order chi connectivity index (χ1) is 20.2. The second-order valence-electron chi connectivity index (χ2n) is 12.6. The van der Waals surface area contributed by atoms with Gasteiger partial charge in [0.2, 0.25) is 23.6 Å². The molecule has 1 aliphatic heterocycles. The normalized spacial score (nSPS) is 18.3. The zero-order valence-corrected chi connectivity index (χ0v) is 26.2. The standard InChI is InChI=1S/C27H48N8O9/c1-14(2)20(24(42)43)34-23(41)17(10-19(37)38)32-18(36)13-31-22(40)16(8-7-9-30-25(28)29)33-21(39)15-11-26(3,4)35(44)27(5,6)12-15/h14-17,20,44H,7-13H2,1-6H3,(H,31,40)(H,32,36)(H,33,39)(H,34,41)(H,37,38)(H,42,43)(H4,28,29,30)/t16-,17-,20-/m0/s1. The van der Waals surface area contributed by atoms with E-state index in [9.17, 15) is 44.2 Å². The lowest BCUT2D eigenvalue weighted by molar-refractivity contribution is -0.249. The largest absolute Gasteiger partial charge is 0.481 e. The Morgan fingerprint density at radius 1 is 0.909 bits per heavy atom. The van der Waals surface area contributed by atoms with Crippen molar-refractivity contribution >= 4 is 41.5 Å². The van der Waals surface area contributed by atoms with Crippen LogP contribution in [0, 0.1) is 11.8 Å². The van der Waals surface area contributed by atoms with Crippen molar-refractivity contribution in [1.29, 1.82) is 0 Å². The van der Waals surface area contributed by atoms with Crippen LogP contribution in [0.15, 0.2) is 4.99 Å². The number of guanidine groups is 1. The molecule has 11 N–H and O–H groups in total. The van der Waals surface area contributed by atoms with Gasteiger partial charge in [-0.2, -0.15) is 5.06 Å². The number of nitrogens with two attached hydrogens (primary N) is 2. The van der Waals surface area contributed by atoms with Crippen LogP contribution < -0.4 is 32.7 Å². The smallest absolute Gasteiger partial charge is 0.326 e. The van der Waals surface area contributed by atoms with E-state index in [0.717, 1.165) is 0 Å². The highest BCUT2D eigenvalue weighted by molar-refractivity contribution is 5.95. The summed E-state index contributed by atoms with van der Waals surface area (Å²) in [4.78, 5) is 78.3. The van der Waals surface area contributed by atoms with Crippen LogP contribution in [-0.4, -0.2) is 104 Å². The Morgan fingerprint density at radius 3 is 1.95 bits per heavy atom. The third-order valence-corrected chi connectivity index (χ3v) is 7.27. The lowest BCUT2D eigenvalue weighted by Crippen LogP contribution is -2.61. The minimum absolute atomic E-state index is 0.109. The molecule has 1 heterocycles. The molecule has 1 saturated heterocycles. The average Bonchev–Trinajstić information content (AvgIpc) is 2.88. The van der Waals surface area contributed by atoms with Gasteiger partial charge in [-0.15, -0.1) is 0 Å². The second-order valence-corrected chi connectivity index (χ2v) is 12.6. The van der Waals surface area contributed by atoms with Crippen molar-refractivity contribution in [2.75, 3.05) is 13.1 Å². The quantitative estimate of drug-likeness (QED) is 0.0536. The average molecular weight is 629 g/mol. The highest BCUT2D eigenvalue weighted by atomic mass is 16.5. The zero-order chi connectivity index (χ0) is 34.0. The zero-order valence-electron chi connectivity index (χ0n) is 26.2. The Labute approximate surface area is 256 Å². The summed E-state index contributed by atoms with van der Waals surface area (Å²) in [6.07, 6.45) is 0.207. The predicted octanol–water partition coefficient (Wildman–Crippen LogP) is -1.52. The molecule has 0 spiro atoms. The van der Waals surface area contributed by atoms with Crippen molar-refractivity contribution in [3.63, 3.8) is 0 Å². The first-order valence-corrected chi connectivity index (χ1v) is 14.3. The summed E-state index contributed by atoms with van der Waals surface area (Å²) < 4.78 is 0. The van der Waals surface area contributed by atoms with E-state index in [1.54, 1.807) is 41.5 Å². The molecular weight excluding hydrogens is 580 g/mol. The number of aliphatic imine (C=N–C) groups is 1. The molecule has 0 aromatic carbocycles. The highest BCUT2D eigenvalue weighted by Gasteiger charge is 2.47. The maximum absolute atomic E-state index is 13.3. The van der Waals surface area contributed by atoms with Gasteiger partial charge in [-0.25, -0.2) is 4.79 Å². The number of aliphatic carboxylic acids is 2. The fourth-order valence-corrected chi connectivity index (χ4v) is 5.21. The maximum atomic E-state index is 13.3. The number of carbonyl (C=O) groups is 6. The number of hydrogen-bond acceptors (Lipinski definition) is 9. The molecule has 1 fully saturated rings. The number of carbonyl (C=O) groups excluding carboxylic acids is 4. The predicted molar refractivity (Wildman–Crippen MR) is 158 cm³/mol. The van der Waals surface area contributed by atoms with Crippen LogP contribution in [0.4, 0.5) is 0 Å². The van der Waals surface area contributed by atoms with Gasteiger partial charge in [0.1, 0.15) is 18.1 Å². The van der Waals surface area contributed by atoms with Gasteiger partial charge in [0.05, 0.1) is 13.0 Å². The summed E-state index contributed by atoms with van der Waals surface area (Å²) in [5.74, 6) is -7.02. The molecule has 17 nitrogen and oxygen atoms in total. The van der Waals surface area contributed by atoms with Crippen LogP contribution in [0.2, 0.25) is 0 Å². The molecule has 3 atom stereocenters. The van der Waals surface area contributed by atoms with Crippen LogP contribution in [0.25, 0.3) is 0 Å². The van der Waals surface area contributed by atoms with Crippen LogP contribution in [0.3, 0.4) is 0 Å². The Kier molecular flexibility index (Phi) is 14.0. The Bertz CT molecular complexity index is 1090. The van der Waals surface area contributed by atoms with Crippen LogP contribution in [0.1, 0.15) is 73.6 Å². The summed E-state index contributed by atoms with van der Waals surface area (Å²) in [7, 11) is 0. The van der Waals surface area contributed by atoms with Gasteiger partial charge in [0.15, 0.2) is 5.96 Å². The van der Waals surface area contributed by atoms with E-state index < -0.39 is 89.6 Å². The summed E-state index contributed by atoms with van der Waals surface area (Å²) in [5, 5.41) is 39.8. The molecule has 17 heteroatoms. The number of hydroxylamine groups is 2. The molecule has 0 aliphatic carbocycles. The van der Waals surface area contributed by atoms with E-state index in [4.69, 9.17) is 11.5 Å². The lowest BCUT2D eigenvalue weighted by Gasteiger charge is -2.51. The van der Waals surface area contributed by atoms with Gasteiger partial charge in [-0.3, -0.25) is 29.0 Å². The topological polar surface area (TPSA) is 279 Å². The Hall–Kier alpha value is -3.99. The Balaban J connectivity index is 2.97. The molecule has 0 aromatic rings. The van der Waals surface area contributed by atoms with Gasteiger partial charge in [-0.05, 0) is 59.3 Å². The Morgan fingerprint density at radius 2 is 1.48 bits per heavy atom. The number of rotatable bonds is 16. The number of piperidine rings is 1. The molecular formula is C27H48N8O9. The van der Waals surface area contributed by atoms with Crippen LogP contribution in [0.5, 0.6) is 0 Å². The third-order valence-electron chi connectivity index (χ3n) is 7.27. The summed E-state index contributed by atoms with van der Waals surface area (Å²) >= 11 is 0. The minimum Gasteiger partial charge on any atom is -0.481 e. The number of carboxylic acid groups (broad SMARTS) is 2. The molecule has 1 rings (SSSR count). The molecule has 4 amide bonds. The number of carboxylic acids is 2. The van der Waals surface area contributed by atoms with Crippen molar-refractivity contribution in [2.45, 2.75) is 103 Å². The van der Waals surface area contributed by atoms with Gasteiger partial charge in [-0.1, -0.05) is 13.8 Å². The fraction of sp³-hybridized carbons (Fsp3) is 0.741. The first-order valence-electron chi connectivity index (χ1n) is 14.3. The van der Waals surface area contributed by atoms with Gasteiger partial charge < -0.3 is 48.2 Å². The SMILES string of the molecule is CC(C)[C@H](NC(=O)[C@H](CC(=O)O)NC(=O)CNC(=O)[C@H](CCCN=C(N)N)NC(=O)C1CC(C)(C)N(O)C(C)(C)C1)C(=O)O. The molecule has 0 unspecified atom stereocenters. The van der Waals surface area contributed by atoms with Crippen LogP contribution in [-0.2, 0) is 28.8 Å². The highest BCUT2D eigenvalue weighted by Crippen LogP contribution is 2.40. The van der Waals surface area contributed by atoms with E-state index >= 15 is 0 Å². The summed E-state index contributed by atoms with van der Waals surface area (Å²) in [6.45, 7) is 9.79. The summed E-state index contributed by atoms with van der Waals surface area (Å²) in [6, 6.07) is -4.03. The van der Waals surface area contributed by atoms with Crippen LogP contribution >= 0.6 is 0 Å². The maximum Gasteiger partial charge on any atom is 0.326 e. The van der Waals surface area contributed by atoms with Crippen molar-refractivity contribution in [1.82, 2.24) is 26.3 Å². The second kappa shape index (κ2) is 16.2. The molecule has 0 bridgehead atoms. The van der Waals surface area contributed by atoms with Gasteiger partial charge >= 0.3 is 11.9 Å². The number of nitrogens with zero attached hydrogens (tertiary/aromatic N) is 2. The van der Waals surface area contributed by atoms with E-state index in [1.165, 1.54) is 5.06 Å². The first kappa shape index (κ1) is 38.0. The van der Waals surface area contributed by atoms with E-state index in [1.807, 2.05) is 0 Å². The third kappa shape index (κ3) is 11.9. The van der Waals surface area contributed by atoms with Crippen molar-refractivity contribution in [3.8, 4) is 0 Å². The van der Waals surface area contributed by atoms with E-state index in [2.05, 4.69) is 26.3 Å². The van der Waals surface area contributed by atoms with Gasteiger partial charge in [0, 0.05) is 23.5 Å². The number of amides is 4.